The van der Waals surface area contributed by atoms with Gasteiger partial charge >= 0.3 is 5.97 Å². The van der Waals surface area contributed by atoms with Crippen molar-refractivity contribution in [3.63, 3.8) is 0 Å². The molecule has 4 amide bonds. The van der Waals surface area contributed by atoms with Crippen LogP contribution in [-0.2, 0) is 14.3 Å². The van der Waals surface area contributed by atoms with Crippen LogP contribution >= 0.6 is 34.4 Å². The Morgan fingerprint density at radius 2 is 1.53 bits per heavy atom. The maximum absolute atomic E-state index is 13.6. The first-order valence-electron chi connectivity index (χ1n) is 15.8. The molecule has 13 heteroatoms. The maximum Gasteiger partial charge on any atom is 0.341 e. The van der Waals surface area contributed by atoms with Gasteiger partial charge in [-0.15, -0.1) is 34.4 Å². The smallest absolute Gasteiger partial charge is 0.341 e. The number of amides is 4. The van der Waals surface area contributed by atoms with E-state index in [4.69, 9.17) is 4.74 Å². The summed E-state index contributed by atoms with van der Waals surface area (Å²) in [5, 5.41) is 12.8. The molecular weight excluding hydrogens is 705 g/mol. The summed E-state index contributed by atoms with van der Waals surface area (Å²) < 4.78 is 4.99. The highest BCUT2D eigenvalue weighted by atomic mass is 32.2. The zero-order valence-electron chi connectivity index (χ0n) is 27.9. The highest BCUT2D eigenvalue weighted by Gasteiger charge is 2.28. The Hall–Kier alpha value is -5.50. The average Bonchev–Trinajstić information content (AvgIpc) is 3.78. The Morgan fingerprint density at radius 1 is 0.824 bits per heavy atom. The number of hydrogen-bond donors (Lipinski definition) is 4. The van der Waals surface area contributed by atoms with Gasteiger partial charge in [0.05, 0.1) is 22.8 Å². The number of ether oxygens (including phenoxy) is 1. The van der Waals surface area contributed by atoms with E-state index in [2.05, 4.69) is 21.3 Å². The number of thiophene rings is 2. The molecule has 0 bridgehead atoms. The second kappa shape index (κ2) is 17.4. The fraction of sp³-hybridized carbons (Fsp3) is 0.132. The van der Waals surface area contributed by atoms with Crippen molar-refractivity contribution in [1.29, 1.82) is 0 Å². The Bertz CT molecular complexity index is 2060. The molecule has 5 rings (SSSR count). The van der Waals surface area contributed by atoms with Gasteiger partial charge in [0, 0.05) is 26.7 Å². The quantitative estimate of drug-likeness (QED) is 0.0544. The molecule has 5 aromatic rings. The van der Waals surface area contributed by atoms with Crippen molar-refractivity contribution in [3.8, 4) is 0 Å². The lowest BCUT2D eigenvalue weighted by Crippen LogP contribution is -2.30. The number of esters is 1. The summed E-state index contributed by atoms with van der Waals surface area (Å²) in [6.07, 6.45) is 2.05. The molecule has 2 heterocycles. The largest absolute Gasteiger partial charge is 0.465 e. The van der Waals surface area contributed by atoms with Gasteiger partial charge in [0.1, 0.15) is 10.7 Å². The second-order valence-corrected chi connectivity index (χ2v) is 14.2. The highest BCUT2D eigenvalue weighted by molar-refractivity contribution is 8.00. The molecule has 0 saturated heterocycles. The predicted molar refractivity (Wildman–Crippen MR) is 205 cm³/mol. The number of carbonyl (C=O) groups excluding carboxylic acids is 5. The number of benzene rings is 3. The number of hydrogen-bond acceptors (Lipinski definition) is 9. The van der Waals surface area contributed by atoms with Crippen LogP contribution in [0.15, 0.2) is 113 Å². The summed E-state index contributed by atoms with van der Waals surface area (Å²) in [5.74, 6) is -2.40. The standard InChI is InChI=1S/C38H34N4O6S3/c1-4-30(35(45)42-37-31(38(47)48-3)23(2)32(51-37)36(46)39-25-15-9-6-10-16-25)50-28-18-11-17-26(21-28)40-34(44)29(22-27-19-12-20-49-27)41-33(43)24-13-7-5-8-14-24/h5-22,30H,4H2,1-3H3,(H,39,46)(H,40,44)(H,41,43)(H,42,45)/b29-22-. The average molecular weight is 739 g/mol. The predicted octanol–water partition coefficient (Wildman–Crippen LogP) is 8.08. The number of carbonyl (C=O) groups is 5. The number of para-hydroxylation sites is 1. The van der Waals surface area contributed by atoms with Crippen LogP contribution in [0.3, 0.4) is 0 Å². The summed E-state index contributed by atoms with van der Waals surface area (Å²) in [6.45, 7) is 3.50. The van der Waals surface area contributed by atoms with Crippen LogP contribution in [0.2, 0.25) is 0 Å². The third-order valence-corrected chi connectivity index (χ3v) is 10.8. The summed E-state index contributed by atoms with van der Waals surface area (Å²) in [6, 6.07) is 28.2. The molecule has 1 unspecified atom stereocenters. The van der Waals surface area contributed by atoms with E-state index in [0.717, 1.165) is 16.2 Å². The molecule has 260 valence electrons. The van der Waals surface area contributed by atoms with Crippen molar-refractivity contribution in [2.45, 2.75) is 30.4 Å². The van der Waals surface area contributed by atoms with Crippen molar-refractivity contribution in [1.82, 2.24) is 5.32 Å². The third kappa shape index (κ3) is 9.60. The lowest BCUT2D eigenvalue weighted by molar-refractivity contribution is -0.116. The summed E-state index contributed by atoms with van der Waals surface area (Å²) in [4.78, 5) is 67.7. The van der Waals surface area contributed by atoms with Crippen LogP contribution in [0.1, 0.15) is 54.2 Å². The second-order valence-electron chi connectivity index (χ2n) is 11.0. The van der Waals surface area contributed by atoms with Gasteiger partial charge < -0.3 is 26.0 Å². The monoisotopic (exact) mass is 738 g/mol. The van der Waals surface area contributed by atoms with E-state index in [0.29, 0.717) is 33.8 Å². The number of thioether (sulfide) groups is 1. The van der Waals surface area contributed by atoms with E-state index in [1.165, 1.54) is 30.2 Å². The molecule has 4 N–H and O–H groups in total. The molecule has 0 aliphatic carbocycles. The van der Waals surface area contributed by atoms with E-state index in [9.17, 15) is 24.0 Å². The zero-order chi connectivity index (χ0) is 36.3. The minimum atomic E-state index is -0.672. The Labute approximate surface area is 307 Å². The molecule has 0 aliphatic rings. The molecule has 0 spiro atoms. The fourth-order valence-electron chi connectivity index (χ4n) is 4.86. The first-order chi connectivity index (χ1) is 24.7. The highest BCUT2D eigenvalue weighted by Crippen LogP contribution is 2.36. The van der Waals surface area contributed by atoms with Gasteiger partial charge in [-0.25, -0.2) is 4.79 Å². The molecule has 0 aliphatic heterocycles. The lowest BCUT2D eigenvalue weighted by Gasteiger charge is -2.16. The Kier molecular flexibility index (Phi) is 12.6. The van der Waals surface area contributed by atoms with Crippen molar-refractivity contribution < 1.29 is 28.7 Å². The molecule has 0 saturated carbocycles. The first kappa shape index (κ1) is 36.8. The fourth-order valence-corrected chi connectivity index (χ4v) is 7.62. The van der Waals surface area contributed by atoms with Crippen LogP contribution in [0, 0.1) is 6.92 Å². The van der Waals surface area contributed by atoms with Crippen LogP contribution in [0.4, 0.5) is 16.4 Å². The number of methoxy groups -OCH3 is 1. The van der Waals surface area contributed by atoms with E-state index < -0.39 is 28.9 Å². The van der Waals surface area contributed by atoms with Crippen molar-refractivity contribution in [2.75, 3.05) is 23.1 Å². The van der Waals surface area contributed by atoms with Gasteiger partial charge in [0.25, 0.3) is 17.7 Å². The molecule has 1 atom stereocenters. The van der Waals surface area contributed by atoms with Crippen LogP contribution in [-0.4, -0.2) is 42.0 Å². The van der Waals surface area contributed by atoms with Crippen LogP contribution < -0.4 is 21.3 Å². The van der Waals surface area contributed by atoms with Gasteiger partial charge in [-0.1, -0.05) is 55.5 Å². The molecule has 0 fully saturated rings. The number of anilines is 3. The van der Waals surface area contributed by atoms with Crippen molar-refractivity contribution >= 4 is 86.5 Å². The number of nitrogens with one attached hydrogen (secondary N) is 4. The van der Waals surface area contributed by atoms with Gasteiger partial charge in [0.2, 0.25) is 5.91 Å². The maximum atomic E-state index is 13.6. The molecule has 51 heavy (non-hydrogen) atoms. The molecule has 10 nitrogen and oxygen atoms in total. The number of rotatable bonds is 13. The minimum absolute atomic E-state index is 0.0691. The molecule has 0 radical (unpaired) electrons. The minimum Gasteiger partial charge on any atom is -0.465 e. The van der Waals surface area contributed by atoms with Crippen molar-refractivity contribution in [2.24, 2.45) is 0 Å². The van der Waals surface area contributed by atoms with Crippen LogP contribution in [0.5, 0.6) is 0 Å². The molecular formula is C38H34N4O6S3. The van der Waals surface area contributed by atoms with Gasteiger partial charge in [-0.05, 0) is 78.9 Å². The Balaban J connectivity index is 1.30. The van der Waals surface area contributed by atoms with Gasteiger partial charge in [-0.2, -0.15) is 0 Å². The topological polar surface area (TPSA) is 143 Å². The molecule has 3 aromatic carbocycles. The summed E-state index contributed by atoms with van der Waals surface area (Å²) >= 11 is 3.71. The van der Waals surface area contributed by atoms with E-state index in [-0.39, 0.29) is 27.0 Å². The van der Waals surface area contributed by atoms with E-state index in [1.807, 2.05) is 36.6 Å². The summed E-state index contributed by atoms with van der Waals surface area (Å²) in [7, 11) is 1.24. The van der Waals surface area contributed by atoms with Gasteiger partial charge in [-0.3, -0.25) is 19.2 Å². The summed E-state index contributed by atoms with van der Waals surface area (Å²) in [5.41, 5.74) is 2.04. The van der Waals surface area contributed by atoms with E-state index >= 15 is 0 Å². The first-order valence-corrected chi connectivity index (χ1v) is 18.3. The SMILES string of the molecule is CCC(Sc1cccc(NC(=O)/C(=C/c2cccs2)NC(=O)c2ccccc2)c1)C(=O)Nc1sc(C(=O)Nc2ccccc2)c(C)c1C(=O)OC. The third-order valence-electron chi connectivity index (χ3n) is 7.40. The lowest BCUT2D eigenvalue weighted by atomic mass is 10.1. The van der Waals surface area contributed by atoms with Crippen molar-refractivity contribution in [3.05, 3.63) is 135 Å². The molecule has 2 aromatic heterocycles. The Morgan fingerprint density at radius 3 is 2.20 bits per heavy atom. The zero-order valence-corrected chi connectivity index (χ0v) is 30.3. The normalized spacial score (nSPS) is 11.6. The van der Waals surface area contributed by atoms with Crippen LogP contribution in [0.25, 0.3) is 6.08 Å². The van der Waals surface area contributed by atoms with Gasteiger partial charge in [0.15, 0.2) is 0 Å². The van der Waals surface area contributed by atoms with E-state index in [1.54, 1.807) is 85.8 Å².